The van der Waals surface area contributed by atoms with Crippen LogP contribution in [0.15, 0.2) is 24.3 Å². The van der Waals surface area contributed by atoms with Crippen LogP contribution >= 0.6 is 11.3 Å². The molecular formula is C15H16F2N2OS. The van der Waals surface area contributed by atoms with Gasteiger partial charge in [-0.3, -0.25) is 4.79 Å². The topological polar surface area (TPSA) is 46.3 Å². The second kappa shape index (κ2) is 5.81. The number of amides is 1. The van der Waals surface area contributed by atoms with Crippen molar-refractivity contribution in [3.63, 3.8) is 0 Å². The molecule has 0 aliphatic carbocycles. The largest absolute Gasteiger partial charge is 0.398 e. The predicted octanol–water partition coefficient (Wildman–Crippen LogP) is 3.75. The number of nitrogens with zero attached hydrogens (tertiary/aromatic N) is 1. The van der Waals surface area contributed by atoms with Crippen molar-refractivity contribution >= 4 is 22.9 Å². The first-order chi connectivity index (χ1) is 9.81. The normalized spacial score (nSPS) is 12.2. The van der Waals surface area contributed by atoms with Gasteiger partial charge in [-0.25, -0.2) is 8.78 Å². The van der Waals surface area contributed by atoms with E-state index in [1.807, 2.05) is 6.92 Å². The Kier molecular flexibility index (Phi) is 4.27. The summed E-state index contributed by atoms with van der Waals surface area (Å²) in [5.74, 6) is -2.02. The first kappa shape index (κ1) is 15.4. The molecule has 0 saturated carbocycles. The number of thiophene rings is 1. The van der Waals surface area contributed by atoms with E-state index in [0.29, 0.717) is 16.1 Å². The SMILES string of the molecule is Cc1sc(C(=O)N(C)C(C)c2ccc(F)c(F)c2)cc1N. The van der Waals surface area contributed by atoms with Crippen LogP contribution < -0.4 is 5.73 Å². The van der Waals surface area contributed by atoms with Crippen LogP contribution in [-0.2, 0) is 0 Å². The maximum absolute atomic E-state index is 13.3. The van der Waals surface area contributed by atoms with E-state index < -0.39 is 11.6 Å². The number of anilines is 1. The van der Waals surface area contributed by atoms with Gasteiger partial charge in [-0.2, -0.15) is 0 Å². The highest BCUT2D eigenvalue weighted by Crippen LogP contribution is 2.28. The molecule has 2 N–H and O–H groups in total. The van der Waals surface area contributed by atoms with E-state index in [0.717, 1.165) is 17.0 Å². The Balaban J connectivity index is 2.23. The van der Waals surface area contributed by atoms with Crippen LogP contribution in [0.3, 0.4) is 0 Å². The Labute approximate surface area is 126 Å². The zero-order chi connectivity index (χ0) is 15.7. The van der Waals surface area contributed by atoms with E-state index in [-0.39, 0.29) is 11.9 Å². The van der Waals surface area contributed by atoms with Crippen molar-refractivity contribution in [2.24, 2.45) is 0 Å². The van der Waals surface area contributed by atoms with Gasteiger partial charge in [-0.15, -0.1) is 11.3 Å². The predicted molar refractivity (Wildman–Crippen MR) is 80.3 cm³/mol. The number of carbonyl (C=O) groups excluding carboxylic acids is 1. The molecule has 0 aliphatic heterocycles. The monoisotopic (exact) mass is 310 g/mol. The van der Waals surface area contributed by atoms with Gasteiger partial charge >= 0.3 is 0 Å². The summed E-state index contributed by atoms with van der Waals surface area (Å²) < 4.78 is 26.3. The third-order valence-electron chi connectivity index (χ3n) is 3.49. The van der Waals surface area contributed by atoms with Gasteiger partial charge in [0.1, 0.15) is 0 Å². The molecule has 112 valence electrons. The zero-order valence-electron chi connectivity index (χ0n) is 12.0. The van der Waals surface area contributed by atoms with Crippen molar-refractivity contribution in [2.75, 3.05) is 12.8 Å². The highest BCUT2D eigenvalue weighted by Gasteiger charge is 2.21. The van der Waals surface area contributed by atoms with E-state index in [9.17, 15) is 13.6 Å². The molecule has 0 spiro atoms. The number of rotatable bonds is 3. The van der Waals surface area contributed by atoms with Crippen LogP contribution in [0.1, 0.15) is 33.1 Å². The van der Waals surface area contributed by atoms with Crippen molar-refractivity contribution < 1.29 is 13.6 Å². The number of hydrogen-bond acceptors (Lipinski definition) is 3. The van der Waals surface area contributed by atoms with Gasteiger partial charge in [0.25, 0.3) is 5.91 Å². The second-order valence-corrected chi connectivity index (χ2v) is 6.14. The van der Waals surface area contributed by atoms with E-state index in [1.54, 1.807) is 20.0 Å². The first-order valence-electron chi connectivity index (χ1n) is 6.39. The number of aryl methyl sites for hydroxylation is 1. The minimum Gasteiger partial charge on any atom is -0.398 e. The Morgan fingerprint density at radius 2 is 1.95 bits per heavy atom. The van der Waals surface area contributed by atoms with Crippen LogP contribution in [0.25, 0.3) is 0 Å². The molecule has 1 atom stereocenters. The van der Waals surface area contributed by atoms with Crippen molar-refractivity contribution in [2.45, 2.75) is 19.9 Å². The summed E-state index contributed by atoms with van der Waals surface area (Å²) in [5, 5.41) is 0. The van der Waals surface area contributed by atoms with Gasteiger partial charge in [-0.1, -0.05) is 6.07 Å². The smallest absolute Gasteiger partial charge is 0.264 e. The van der Waals surface area contributed by atoms with Gasteiger partial charge in [-0.05, 0) is 37.6 Å². The minimum absolute atomic E-state index is 0.197. The first-order valence-corrected chi connectivity index (χ1v) is 7.21. The zero-order valence-corrected chi connectivity index (χ0v) is 12.8. The quantitative estimate of drug-likeness (QED) is 0.938. The fourth-order valence-electron chi connectivity index (χ4n) is 1.95. The van der Waals surface area contributed by atoms with Crippen molar-refractivity contribution in [1.29, 1.82) is 0 Å². The Hall–Kier alpha value is -1.95. The summed E-state index contributed by atoms with van der Waals surface area (Å²) in [4.78, 5) is 15.3. The number of nitrogen functional groups attached to an aromatic ring is 1. The van der Waals surface area contributed by atoms with Gasteiger partial charge in [0, 0.05) is 17.6 Å². The Bertz CT molecular complexity index is 665. The number of hydrogen-bond donors (Lipinski definition) is 1. The average Bonchev–Trinajstić information content (AvgIpc) is 2.79. The van der Waals surface area contributed by atoms with Gasteiger partial charge in [0.15, 0.2) is 11.6 Å². The van der Waals surface area contributed by atoms with Gasteiger partial charge in [0.2, 0.25) is 0 Å². The van der Waals surface area contributed by atoms with E-state index in [4.69, 9.17) is 5.73 Å². The summed E-state index contributed by atoms with van der Waals surface area (Å²) in [6, 6.07) is 4.90. The molecule has 0 bridgehead atoms. The van der Waals surface area contributed by atoms with Crippen LogP contribution in [0, 0.1) is 18.6 Å². The maximum Gasteiger partial charge on any atom is 0.264 e. The third kappa shape index (κ3) is 3.05. The minimum atomic E-state index is -0.920. The van der Waals surface area contributed by atoms with Crippen LogP contribution in [0.4, 0.5) is 14.5 Å². The molecule has 6 heteroatoms. The molecule has 1 heterocycles. The average molecular weight is 310 g/mol. The number of benzene rings is 1. The summed E-state index contributed by atoms with van der Waals surface area (Å²) in [6.45, 7) is 3.60. The van der Waals surface area contributed by atoms with Gasteiger partial charge in [0.05, 0.1) is 10.9 Å². The molecule has 0 aliphatic rings. The maximum atomic E-state index is 13.3. The van der Waals surface area contributed by atoms with Crippen LogP contribution in [-0.4, -0.2) is 17.9 Å². The molecule has 1 aromatic carbocycles. The lowest BCUT2D eigenvalue weighted by Gasteiger charge is -2.25. The molecule has 1 unspecified atom stereocenters. The molecule has 1 amide bonds. The number of carbonyl (C=O) groups is 1. The van der Waals surface area contributed by atoms with Crippen molar-refractivity contribution in [3.05, 3.63) is 51.2 Å². The highest BCUT2D eigenvalue weighted by atomic mass is 32.1. The van der Waals surface area contributed by atoms with Gasteiger partial charge < -0.3 is 10.6 Å². The number of nitrogens with two attached hydrogens (primary N) is 1. The summed E-state index contributed by atoms with van der Waals surface area (Å²) in [6.07, 6.45) is 0. The van der Waals surface area contributed by atoms with Crippen LogP contribution in [0.5, 0.6) is 0 Å². The molecular weight excluding hydrogens is 294 g/mol. The van der Waals surface area contributed by atoms with E-state index in [1.165, 1.54) is 22.3 Å². The third-order valence-corrected chi connectivity index (χ3v) is 4.55. The van der Waals surface area contributed by atoms with E-state index >= 15 is 0 Å². The standard InChI is InChI=1S/C15H16F2N2OS/c1-8(10-4-5-11(16)12(17)6-10)19(3)15(20)14-7-13(18)9(2)21-14/h4-8H,18H2,1-3H3. The highest BCUT2D eigenvalue weighted by molar-refractivity contribution is 7.14. The molecule has 0 radical (unpaired) electrons. The molecule has 21 heavy (non-hydrogen) atoms. The van der Waals surface area contributed by atoms with Crippen molar-refractivity contribution in [1.82, 2.24) is 4.90 Å². The Morgan fingerprint density at radius 3 is 2.48 bits per heavy atom. The molecule has 0 fully saturated rings. The molecule has 2 rings (SSSR count). The lowest BCUT2D eigenvalue weighted by Crippen LogP contribution is -2.29. The molecule has 0 saturated heterocycles. The summed E-state index contributed by atoms with van der Waals surface area (Å²) in [5.41, 5.74) is 6.86. The van der Waals surface area contributed by atoms with E-state index in [2.05, 4.69) is 0 Å². The van der Waals surface area contributed by atoms with Crippen molar-refractivity contribution in [3.8, 4) is 0 Å². The summed E-state index contributed by atoms with van der Waals surface area (Å²) >= 11 is 1.32. The second-order valence-electron chi connectivity index (χ2n) is 4.89. The Morgan fingerprint density at radius 1 is 1.29 bits per heavy atom. The summed E-state index contributed by atoms with van der Waals surface area (Å²) in [7, 11) is 1.62. The molecule has 1 aromatic heterocycles. The molecule has 2 aromatic rings. The van der Waals surface area contributed by atoms with Crippen LogP contribution in [0.2, 0.25) is 0 Å². The fraction of sp³-hybridized carbons (Fsp3) is 0.267. The number of halogens is 2. The lowest BCUT2D eigenvalue weighted by atomic mass is 10.1. The lowest BCUT2D eigenvalue weighted by molar-refractivity contribution is 0.0747. The molecule has 3 nitrogen and oxygen atoms in total. The fourth-order valence-corrected chi connectivity index (χ4v) is 2.87.